The molecule has 0 radical (unpaired) electrons. The molecule has 2 heterocycles. The van der Waals surface area contributed by atoms with Crippen LogP contribution < -0.4 is 25.2 Å². The highest BCUT2D eigenvalue weighted by atomic mass is 127. The predicted molar refractivity (Wildman–Crippen MR) is 133 cm³/mol. The van der Waals surface area contributed by atoms with Crippen LogP contribution in [-0.4, -0.2) is 58.3 Å². The zero-order chi connectivity index (χ0) is 19.9. The number of rotatable bonds is 6. The highest BCUT2D eigenvalue weighted by molar-refractivity contribution is 14.0. The number of methoxy groups -OCH3 is 1. The first kappa shape index (κ1) is 23.5. The Morgan fingerprint density at radius 1 is 1.38 bits per heavy atom. The lowest BCUT2D eigenvalue weighted by molar-refractivity contribution is 0.408. The maximum Gasteiger partial charge on any atom is 0.191 e. The normalized spacial score (nSPS) is 16.8. The van der Waals surface area contributed by atoms with Crippen LogP contribution in [0.5, 0.6) is 5.75 Å². The van der Waals surface area contributed by atoms with Gasteiger partial charge in [0.05, 0.1) is 25.0 Å². The fraction of sp³-hybridized carbons (Fsp3) is 0.500. The topological polar surface area (TPSA) is 65.0 Å². The molecule has 1 fully saturated rings. The van der Waals surface area contributed by atoms with Crippen molar-refractivity contribution in [3.63, 3.8) is 0 Å². The summed E-state index contributed by atoms with van der Waals surface area (Å²) in [5.41, 5.74) is 2.18. The minimum Gasteiger partial charge on any atom is -0.495 e. The zero-order valence-corrected chi connectivity index (χ0v) is 20.7. The summed E-state index contributed by atoms with van der Waals surface area (Å²) in [7, 11) is 7.55. The number of guanidine groups is 1. The van der Waals surface area contributed by atoms with Crippen LogP contribution in [0.3, 0.4) is 0 Å². The van der Waals surface area contributed by atoms with Gasteiger partial charge < -0.3 is 25.2 Å². The molecule has 1 aliphatic rings. The van der Waals surface area contributed by atoms with Gasteiger partial charge in [-0.2, -0.15) is 0 Å². The number of piperidine rings is 1. The lowest BCUT2D eigenvalue weighted by atomic mass is 10.0. The number of aliphatic imine (C=N–C) groups is 1. The van der Waals surface area contributed by atoms with Crippen LogP contribution in [0.15, 0.2) is 34.6 Å². The summed E-state index contributed by atoms with van der Waals surface area (Å²) in [5.74, 6) is 1.73. The Morgan fingerprint density at radius 3 is 2.86 bits per heavy atom. The Morgan fingerprint density at radius 2 is 2.17 bits per heavy atom. The smallest absolute Gasteiger partial charge is 0.191 e. The van der Waals surface area contributed by atoms with E-state index in [1.807, 2.05) is 38.2 Å². The van der Waals surface area contributed by atoms with Crippen LogP contribution in [0, 0.1) is 0 Å². The van der Waals surface area contributed by atoms with Crippen molar-refractivity contribution in [2.75, 3.05) is 51.1 Å². The maximum absolute atomic E-state index is 5.53. The van der Waals surface area contributed by atoms with Crippen molar-refractivity contribution in [3.05, 3.63) is 35.3 Å². The van der Waals surface area contributed by atoms with Crippen LogP contribution >= 0.6 is 35.3 Å². The average Bonchev–Trinajstić information content (AvgIpc) is 3.20. The van der Waals surface area contributed by atoms with Gasteiger partial charge in [0.2, 0.25) is 0 Å². The number of para-hydroxylation sites is 2. The van der Waals surface area contributed by atoms with E-state index in [0.717, 1.165) is 54.2 Å². The van der Waals surface area contributed by atoms with Crippen LogP contribution in [-0.2, 0) is 6.54 Å². The van der Waals surface area contributed by atoms with Crippen molar-refractivity contribution < 1.29 is 4.74 Å². The van der Waals surface area contributed by atoms with Gasteiger partial charge >= 0.3 is 0 Å². The predicted octanol–water partition coefficient (Wildman–Crippen LogP) is 3.17. The molecule has 29 heavy (non-hydrogen) atoms. The number of thiazole rings is 1. The number of hydrogen-bond donors (Lipinski definition) is 2. The van der Waals surface area contributed by atoms with Crippen molar-refractivity contribution in [1.82, 2.24) is 15.6 Å². The van der Waals surface area contributed by atoms with E-state index < -0.39 is 0 Å². The van der Waals surface area contributed by atoms with E-state index in [9.17, 15) is 0 Å². The number of nitrogens with zero attached hydrogens (tertiary/aromatic N) is 4. The van der Waals surface area contributed by atoms with Gasteiger partial charge in [0.15, 0.2) is 11.1 Å². The van der Waals surface area contributed by atoms with Crippen molar-refractivity contribution in [2.45, 2.75) is 25.4 Å². The summed E-state index contributed by atoms with van der Waals surface area (Å²) < 4.78 is 5.53. The number of anilines is 2. The summed E-state index contributed by atoms with van der Waals surface area (Å²) in [6.45, 7) is 2.62. The van der Waals surface area contributed by atoms with E-state index >= 15 is 0 Å². The van der Waals surface area contributed by atoms with Gasteiger partial charge in [-0.25, -0.2) is 4.98 Å². The van der Waals surface area contributed by atoms with Gasteiger partial charge in [0, 0.05) is 45.7 Å². The number of halogens is 1. The standard InChI is InChI=1S/C20H30N6OS.HI/c1-21-19(22-12-16-14-28-20(24-16)25(2)3)23-15-8-7-11-26(13-15)17-9-5-6-10-18(17)27-4;/h5-6,9-10,14-15H,7-8,11-13H2,1-4H3,(H2,21,22,23);1H. The van der Waals surface area contributed by atoms with Crippen LogP contribution in [0.2, 0.25) is 0 Å². The van der Waals surface area contributed by atoms with Gasteiger partial charge in [-0.15, -0.1) is 35.3 Å². The molecule has 0 aliphatic carbocycles. The quantitative estimate of drug-likeness (QED) is 0.340. The Kier molecular flexibility index (Phi) is 9.28. The fourth-order valence-electron chi connectivity index (χ4n) is 3.35. The molecular weight excluding hydrogens is 499 g/mol. The first-order valence-corrected chi connectivity index (χ1v) is 10.5. The molecule has 0 saturated carbocycles. The Hall–Kier alpha value is -1.75. The van der Waals surface area contributed by atoms with Crippen LogP contribution in [0.1, 0.15) is 18.5 Å². The molecule has 160 valence electrons. The molecule has 2 N–H and O–H groups in total. The molecule has 1 atom stereocenters. The average molecular weight is 530 g/mol. The molecule has 1 unspecified atom stereocenters. The highest BCUT2D eigenvalue weighted by Crippen LogP contribution is 2.29. The zero-order valence-electron chi connectivity index (χ0n) is 17.5. The molecular formula is C20H31IN6OS. The largest absolute Gasteiger partial charge is 0.495 e. The van der Waals surface area contributed by atoms with Gasteiger partial charge in [0.1, 0.15) is 5.75 Å². The summed E-state index contributed by atoms with van der Waals surface area (Å²) in [5, 5.41) is 10.0. The molecule has 0 bridgehead atoms. The molecule has 3 rings (SSSR count). The third kappa shape index (κ3) is 6.36. The van der Waals surface area contributed by atoms with E-state index in [2.05, 4.69) is 43.0 Å². The van der Waals surface area contributed by atoms with Crippen LogP contribution in [0.25, 0.3) is 0 Å². The molecule has 2 aromatic rings. The lowest BCUT2D eigenvalue weighted by Gasteiger charge is -2.36. The number of ether oxygens (including phenoxy) is 1. The SMILES string of the molecule is CN=C(NCc1csc(N(C)C)n1)NC1CCCN(c2ccccc2OC)C1.I. The Balaban J connectivity index is 0.00000300. The third-order valence-electron chi connectivity index (χ3n) is 4.77. The second-order valence-corrected chi connectivity index (χ2v) is 7.88. The van der Waals surface area contributed by atoms with E-state index in [-0.39, 0.29) is 24.0 Å². The molecule has 1 aromatic carbocycles. The van der Waals surface area contributed by atoms with E-state index in [1.165, 1.54) is 0 Å². The van der Waals surface area contributed by atoms with Crippen molar-refractivity contribution in [3.8, 4) is 5.75 Å². The minimum absolute atomic E-state index is 0. The third-order valence-corrected chi connectivity index (χ3v) is 5.83. The number of nitrogens with one attached hydrogen (secondary N) is 2. The van der Waals surface area contributed by atoms with Crippen molar-refractivity contribution in [2.24, 2.45) is 4.99 Å². The molecule has 1 aromatic heterocycles. The molecule has 0 spiro atoms. The second kappa shape index (κ2) is 11.4. The van der Waals surface area contributed by atoms with Gasteiger partial charge in [0.25, 0.3) is 0 Å². The fourth-order valence-corrected chi connectivity index (χ4v) is 4.11. The summed E-state index contributed by atoms with van der Waals surface area (Å²) in [4.78, 5) is 13.4. The first-order valence-electron chi connectivity index (χ1n) is 9.57. The molecule has 1 saturated heterocycles. The van der Waals surface area contributed by atoms with Gasteiger partial charge in [-0.05, 0) is 25.0 Å². The molecule has 1 aliphatic heterocycles. The monoisotopic (exact) mass is 530 g/mol. The van der Waals surface area contributed by atoms with Gasteiger partial charge in [-0.1, -0.05) is 12.1 Å². The molecule has 0 amide bonds. The summed E-state index contributed by atoms with van der Waals surface area (Å²) in [6, 6.07) is 8.54. The highest BCUT2D eigenvalue weighted by Gasteiger charge is 2.22. The number of hydrogen-bond acceptors (Lipinski definition) is 6. The number of benzene rings is 1. The first-order chi connectivity index (χ1) is 13.6. The van der Waals surface area contributed by atoms with Crippen molar-refractivity contribution in [1.29, 1.82) is 0 Å². The van der Waals surface area contributed by atoms with E-state index in [0.29, 0.717) is 12.6 Å². The Bertz CT molecular complexity index is 797. The lowest BCUT2D eigenvalue weighted by Crippen LogP contribution is -2.51. The second-order valence-electron chi connectivity index (χ2n) is 7.04. The van der Waals surface area contributed by atoms with E-state index in [1.54, 1.807) is 18.4 Å². The summed E-state index contributed by atoms with van der Waals surface area (Å²) in [6.07, 6.45) is 2.25. The Labute approximate surface area is 194 Å². The summed E-state index contributed by atoms with van der Waals surface area (Å²) >= 11 is 1.65. The van der Waals surface area contributed by atoms with Crippen molar-refractivity contribution >= 4 is 52.1 Å². The number of aromatic nitrogens is 1. The van der Waals surface area contributed by atoms with E-state index in [4.69, 9.17) is 4.74 Å². The minimum atomic E-state index is 0. The maximum atomic E-state index is 5.53. The van der Waals surface area contributed by atoms with Gasteiger partial charge in [-0.3, -0.25) is 4.99 Å². The van der Waals surface area contributed by atoms with Crippen LogP contribution in [0.4, 0.5) is 10.8 Å². The molecule has 9 heteroatoms. The molecule has 7 nitrogen and oxygen atoms in total.